The Balaban J connectivity index is 1.72. The van der Waals surface area contributed by atoms with Gasteiger partial charge in [0.25, 0.3) is 10.0 Å². The third-order valence-corrected chi connectivity index (χ3v) is 9.50. The Morgan fingerprint density at radius 1 is 0.951 bits per heavy atom. The van der Waals surface area contributed by atoms with E-state index in [2.05, 4.69) is 5.32 Å². The van der Waals surface area contributed by atoms with Crippen molar-refractivity contribution in [3.63, 3.8) is 0 Å². The van der Waals surface area contributed by atoms with E-state index < -0.39 is 28.5 Å². The summed E-state index contributed by atoms with van der Waals surface area (Å²) in [6, 6.07) is 20.0. The Morgan fingerprint density at radius 3 is 2.15 bits per heavy atom. The highest BCUT2D eigenvalue weighted by Crippen LogP contribution is 2.27. The molecule has 1 fully saturated rings. The lowest BCUT2D eigenvalue weighted by Gasteiger charge is -2.34. The number of benzene rings is 3. The van der Waals surface area contributed by atoms with E-state index in [-0.39, 0.29) is 23.4 Å². The lowest BCUT2D eigenvalue weighted by Crippen LogP contribution is -2.53. The quantitative estimate of drug-likeness (QED) is 0.294. The van der Waals surface area contributed by atoms with Crippen LogP contribution in [0.15, 0.2) is 77.7 Å². The molecule has 1 saturated carbocycles. The predicted octanol–water partition coefficient (Wildman–Crippen LogP) is 6.02. The monoisotopic (exact) mass is 595 g/mol. The molecule has 0 heterocycles. The smallest absolute Gasteiger partial charge is 0.264 e. The van der Waals surface area contributed by atoms with Crippen LogP contribution in [0, 0.1) is 13.8 Å². The number of hydrogen-bond donors (Lipinski definition) is 1. The molecule has 0 spiro atoms. The average Bonchev–Trinajstić information content (AvgIpc) is 3.45. The standard InChI is InChI=1S/C32H38ClN3O4S/c1-4-30(32(38)34-27-10-8-9-11-27)35(21-25-14-16-26(33)17-15-25)31(37)22-36(28-19-23(2)18-24(3)20-28)41(39,40)29-12-6-5-7-13-29/h5-7,12-20,27,30H,4,8-11,21-22H2,1-3H3,(H,34,38). The number of anilines is 1. The van der Waals surface area contributed by atoms with Crippen LogP contribution in [0.5, 0.6) is 0 Å². The Hall–Kier alpha value is -3.36. The maximum atomic E-state index is 14.2. The first kappa shape index (κ1) is 30.6. The van der Waals surface area contributed by atoms with Gasteiger partial charge in [-0.2, -0.15) is 0 Å². The fraction of sp³-hybridized carbons (Fsp3) is 0.375. The topological polar surface area (TPSA) is 86.8 Å². The zero-order chi connectivity index (χ0) is 29.6. The van der Waals surface area contributed by atoms with Crippen molar-refractivity contribution in [2.75, 3.05) is 10.8 Å². The molecule has 2 amide bonds. The first-order valence-corrected chi connectivity index (χ1v) is 15.9. The zero-order valence-electron chi connectivity index (χ0n) is 23.8. The second-order valence-corrected chi connectivity index (χ2v) is 13.0. The van der Waals surface area contributed by atoms with Crippen molar-refractivity contribution in [2.24, 2.45) is 0 Å². The molecule has 0 aromatic heterocycles. The van der Waals surface area contributed by atoms with Crippen molar-refractivity contribution >= 4 is 39.1 Å². The van der Waals surface area contributed by atoms with E-state index in [0.717, 1.165) is 46.7 Å². The lowest BCUT2D eigenvalue weighted by molar-refractivity contribution is -0.140. The van der Waals surface area contributed by atoms with Crippen molar-refractivity contribution in [3.8, 4) is 0 Å². The van der Waals surface area contributed by atoms with E-state index in [0.29, 0.717) is 17.1 Å². The van der Waals surface area contributed by atoms with E-state index >= 15 is 0 Å². The molecule has 41 heavy (non-hydrogen) atoms. The van der Waals surface area contributed by atoms with Crippen LogP contribution in [-0.2, 0) is 26.2 Å². The minimum Gasteiger partial charge on any atom is -0.352 e. The van der Waals surface area contributed by atoms with Crippen molar-refractivity contribution in [1.29, 1.82) is 0 Å². The maximum absolute atomic E-state index is 14.2. The van der Waals surface area contributed by atoms with Crippen LogP contribution in [0.4, 0.5) is 5.69 Å². The molecule has 0 aliphatic heterocycles. The molecule has 218 valence electrons. The third-order valence-electron chi connectivity index (χ3n) is 7.46. The van der Waals surface area contributed by atoms with Gasteiger partial charge in [0.05, 0.1) is 10.6 Å². The Bertz CT molecular complexity index is 1440. The maximum Gasteiger partial charge on any atom is 0.264 e. The van der Waals surface area contributed by atoms with Gasteiger partial charge in [-0.1, -0.05) is 67.8 Å². The van der Waals surface area contributed by atoms with Crippen LogP contribution in [0.1, 0.15) is 55.7 Å². The van der Waals surface area contributed by atoms with Crippen LogP contribution in [0.2, 0.25) is 5.02 Å². The number of aryl methyl sites for hydroxylation is 2. The highest BCUT2D eigenvalue weighted by Gasteiger charge is 2.34. The minimum absolute atomic E-state index is 0.0854. The average molecular weight is 596 g/mol. The Labute approximate surface area is 248 Å². The van der Waals surface area contributed by atoms with Gasteiger partial charge in [-0.15, -0.1) is 0 Å². The molecular weight excluding hydrogens is 558 g/mol. The van der Waals surface area contributed by atoms with Gasteiger partial charge in [0, 0.05) is 17.6 Å². The molecule has 0 bridgehead atoms. The van der Waals surface area contributed by atoms with E-state index in [1.54, 1.807) is 42.5 Å². The molecule has 1 N–H and O–H groups in total. The first-order valence-electron chi connectivity index (χ1n) is 14.1. The minimum atomic E-state index is -4.10. The number of carbonyl (C=O) groups excluding carboxylic acids is 2. The number of nitrogens with zero attached hydrogens (tertiary/aromatic N) is 2. The van der Waals surface area contributed by atoms with E-state index in [9.17, 15) is 18.0 Å². The Kier molecular flexibility index (Phi) is 10.1. The van der Waals surface area contributed by atoms with Gasteiger partial charge in [0.2, 0.25) is 11.8 Å². The molecule has 9 heteroatoms. The zero-order valence-corrected chi connectivity index (χ0v) is 25.4. The fourth-order valence-corrected chi connectivity index (χ4v) is 6.96. The molecule has 7 nitrogen and oxygen atoms in total. The molecule has 1 aliphatic rings. The molecular formula is C32H38ClN3O4S. The van der Waals surface area contributed by atoms with Crippen molar-refractivity contribution in [1.82, 2.24) is 10.2 Å². The summed E-state index contributed by atoms with van der Waals surface area (Å²) in [5.41, 5.74) is 2.94. The van der Waals surface area contributed by atoms with Crippen molar-refractivity contribution < 1.29 is 18.0 Å². The van der Waals surface area contributed by atoms with Gasteiger partial charge in [0.15, 0.2) is 0 Å². The second-order valence-electron chi connectivity index (χ2n) is 10.7. The van der Waals surface area contributed by atoms with Crippen LogP contribution >= 0.6 is 11.6 Å². The van der Waals surface area contributed by atoms with Gasteiger partial charge < -0.3 is 10.2 Å². The molecule has 0 saturated heterocycles. The first-order chi connectivity index (χ1) is 19.6. The van der Waals surface area contributed by atoms with Gasteiger partial charge >= 0.3 is 0 Å². The van der Waals surface area contributed by atoms with Gasteiger partial charge in [-0.25, -0.2) is 8.42 Å². The number of halogens is 1. The summed E-state index contributed by atoms with van der Waals surface area (Å²) in [6.45, 7) is 5.32. The molecule has 4 rings (SSSR count). The summed E-state index contributed by atoms with van der Waals surface area (Å²) < 4.78 is 29.1. The summed E-state index contributed by atoms with van der Waals surface area (Å²) in [6.07, 6.45) is 4.35. The number of sulfonamides is 1. The number of nitrogens with one attached hydrogen (secondary N) is 1. The SMILES string of the molecule is CCC(C(=O)NC1CCCC1)N(Cc1ccc(Cl)cc1)C(=O)CN(c1cc(C)cc(C)c1)S(=O)(=O)c1ccccc1. The number of carbonyl (C=O) groups is 2. The second kappa shape index (κ2) is 13.5. The van der Waals surface area contributed by atoms with Crippen LogP contribution in [-0.4, -0.2) is 43.8 Å². The van der Waals surface area contributed by atoms with Crippen LogP contribution in [0.25, 0.3) is 0 Å². The lowest BCUT2D eigenvalue weighted by atomic mass is 10.1. The van der Waals surface area contributed by atoms with Gasteiger partial charge in [-0.05, 0) is 86.2 Å². The van der Waals surface area contributed by atoms with E-state index in [1.165, 1.54) is 17.0 Å². The van der Waals surface area contributed by atoms with Crippen molar-refractivity contribution in [3.05, 3.63) is 94.5 Å². The fourth-order valence-electron chi connectivity index (χ4n) is 5.42. The van der Waals surface area contributed by atoms with E-state index in [4.69, 9.17) is 11.6 Å². The molecule has 3 aromatic rings. The molecule has 0 radical (unpaired) electrons. The highest BCUT2D eigenvalue weighted by molar-refractivity contribution is 7.92. The van der Waals surface area contributed by atoms with Gasteiger partial charge in [0.1, 0.15) is 12.6 Å². The van der Waals surface area contributed by atoms with Crippen LogP contribution in [0.3, 0.4) is 0 Å². The largest absolute Gasteiger partial charge is 0.352 e. The molecule has 1 unspecified atom stereocenters. The molecule has 1 aliphatic carbocycles. The van der Waals surface area contributed by atoms with Crippen molar-refractivity contribution in [2.45, 2.75) is 76.4 Å². The van der Waals surface area contributed by atoms with Crippen LogP contribution < -0.4 is 9.62 Å². The number of rotatable bonds is 11. The normalized spacial score (nSPS) is 14.4. The van der Waals surface area contributed by atoms with Gasteiger partial charge in [-0.3, -0.25) is 13.9 Å². The summed E-state index contributed by atoms with van der Waals surface area (Å²) in [5.74, 6) is -0.683. The Morgan fingerprint density at radius 2 is 1.56 bits per heavy atom. The van der Waals surface area contributed by atoms with E-state index in [1.807, 2.05) is 39.0 Å². The summed E-state index contributed by atoms with van der Waals surface area (Å²) >= 11 is 6.10. The molecule has 1 atom stereocenters. The summed E-state index contributed by atoms with van der Waals surface area (Å²) in [7, 11) is -4.10. The number of hydrogen-bond acceptors (Lipinski definition) is 4. The number of amides is 2. The highest BCUT2D eigenvalue weighted by atomic mass is 35.5. The third kappa shape index (κ3) is 7.68. The molecule has 3 aromatic carbocycles. The summed E-state index contributed by atoms with van der Waals surface area (Å²) in [4.78, 5) is 29.3. The summed E-state index contributed by atoms with van der Waals surface area (Å²) in [5, 5.41) is 3.69. The predicted molar refractivity (Wildman–Crippen MR) is 163 cm³/mol.